The van der Waals surface area contributed by atoms with E-state index in [4.69, 9.17) is 9.15 Å². The van der Waals surface area contributed by atoms with Crippen molar-refractivity contribution < 1.29 is 18.9 Å². The van der Waals surface area contributed by atoms with E-state index in [1.165, 1.54) is 25.3 Å². The lowest BCUT2D eigenvalue weighted by atomic mass is 10.1. The second-order valence-electron chi connectivity index (χ2n) is 6.13. The van der Waals surface area contributed by atoms with Crippen LogP contribution in [0, 0.1) is 17.0 Å². The molecule has 150 valence electrons. The van der Waals surface area contributed by atoms with Gasteiger partial charge in [-0.05, 0) is 32.0 Å². The molecule has 1 amide bonds. The first-order valence-electron chi connectivity index (χ1n) is 8.58. The molecule has 9 nitrogen and oxygen atoms in total. The van der Waals surface area contributed by atoms with Gasteiger partial charge in [-0.25, -0.2) is 0 Å². The maximum Gasteiger partial charge on any atom is 0.277 e. The summed E-state index contributed by atoms with van der Waals surface area (Å²) in [4.78, 5) is 23.0. The molecule has 0 unspecified atom stereocenters. The number of hydrogen-bond donors (Lipinski definition) is 1. The fourth-order valence-electron chi connectivity index (χ4n) is 2.42. The van der Waals surface area contributed by atoms with E-state index >= 15 is 0 Å². The number of aryl methyl sites for hydroxylation is 1. The molecule has 1 heterocycles. The summed E-state index contributed by atoms with van der Waals surface area (Å²) in [5.74, 6) is 0.296. The fraction of sp³-hybridized carbons (Fsp3) is 0.211. The average molecular weight is 414 g/mol. The number of carbonyl (C=O) groups excluding carboxylic acids is 1. The first-order valence-corrected chi connectivity index (χ1v) is 9.46. The predicted molar refractivity (Wildman–Crippen MR) is 108 cm³/mol. The molecule has 0 saturated heterocycles. The van der Waals surface area contributed by atoms with Gasteiger partial charge in [-0.15, -0.1) is 10.2 Å². The summed E-state index contributed by atoms with van der Waals surface area (Å²) in [7, 11) is 1.42. The van der Waals surface area contributed by atoms with Crippen LogP contribution in [0.3, 0.4) is 0 Å². The number of aromatic nitrogens is 2. The molecule has 2 aromatic carbocycles. The molecule has 0 fully saturated rings. The summed E-state index contributed by atoms with van der Waals surface area (Å²) in [5, 5.41) is 21.2. The molecule has 3 aromatic rings. The Bertz CT molecular complexity index is 1040. The number of benzene rings is 2. The van der Waals surface area contributed by atoms with Crippen LogP contribution in [0.15, 0.2) is 52.1 Å². The van der Waals surface area contributed by atoms with E-state index in [0.29, 0.717) is 11.6 Å². The van der Waals surface area contributed by atoms with E-state index in [9.17, 15) is 14.9 Å². The second-order valence-corrected chi connectivity index (χ2v) is 7.42. The molecule has 1 N–H and O–H groups in total. The van der Waals surface area contributed by atoms with E-state index in [1.807, 2.05) is 31.2 Å². The Morgan fingerprint density at radius 1 is 1.24 bits per heavy atom. The predicted octanol–water partition coefficient (Wildman–Crippen LogP) is 4.08. The van der Waals surface area contributed by atoms with Crippen LogP contribution >= 0.6 is 11.8 Å². The molecular weight excluding hydrogens is 396 g/mol. The first kappa shape index (κ1) is 20.3. The van der Waals surface area contributed by atoms with Gasteiger partial charge in [0, 0.05) is 17.7 Å². The zero-order chi connectivity index (χ0) is 21.0. The average Bonchev–Trinajstić information content (AvgIpc) is 3.16. The zero-order valence-corrected chi connectivity index (χ0v) is 16.7. The molecule has 1 aromatic heterocycles. The molecule has 0 aliphatic heterocycles. The molecule has 0 aliphatic carbocycles. The van der Waals surface area contributed by atoms with Crippen molar-refractivity contribution in [3.8, 4) is 17.2 Å². The minimum atomic E-state index is -0.592. The highest BCUT2D eigenvalue weighted by atomic mass is 32.2. The highest BCUT2D eigenvalue weighted by molar-refractivity contribution is 8.00. The topological polar surface area (TPSA) is 120 Å². The van der Waals surface area contributed by atoms with Gasteiger partial charge in [0.25, 0.3) is 10.9 Å². The van der Waals surface area contributed by atoms with Crippen molar-refractivity contribution in [3.63, 3.8) is 0 Å². The SMILES string of the molecule is COc1ccc([N+](=O)[O-])cc1NC(=O)[C@@H](C)Sc1nnc(-c2ccc(C)cc2)o1. The molecule has 3 rings (SSSR count). The van der Waals surface area contributed by atoms with Crippen molar-refractivity contribution in [2.75, 3.05) is 12.4 Å². The summed E-state index contributed by atoms with van der Waals surface area (Å²) >= 11 is 1.09. The van der Waals surface area contributed by atoms with Gasteiger partial charge in [-0.2, -0.15) is 0 Å². The Balaban J connectivity index is 1.69. The van der Waals surface area contributed by atoms with Gasteiger partial charge in [0.15, 0.2) is 0 Å². The Kier molecular flexibility index (Phi) is 6.13. The van der Waals surface area contributed by atoms with Gasteiger partial charge >= 0.3 is 0 Å². The van der Waals surface area contributed by atoms with Crippen molar-refractivity contribution in [1.82, 2.24) is 10.2 Å². The zero-order valence-electron chi connectivity index (χ0n) is 15.9. The minimum absolute atomic E-state index is 0.152. The van der Waals surface area contributed by atoms with Crippen LogP contribution in [0.4, 0.5) is 11.4 Å². The quantitative estimate of drug-likeness (QED) is 0.349. The smallest absolute Gasteiger partial charge is 0.277 e. The summed E-state index contributed by atoms with van der Waals surface area (Å²) in [5.41, 5.74) is 1.96. The molecule has 29 heavy (non-hydrogen) atoms. The number of anilines is 1. The number of rotatable bonds is 7. The molecule has 0 saturated carbocycles. The third kappa shape index (κ3) is 4.91. The van der Waals surface area contributed by atoms with Gasteiger partial charge in [0.1, 0.15) is 5.75 Å². The van der Waals surface area contributed by atoms with Gasteiger partial charge in [-0.1, -0.05) is 29.5 Å². The number of nitrogens with one attached hydrogen (secondary N) is 1. The van der Waals surface area contributed by atoms with Gasteiger partial charge in [-0.3, -0.25) is 14.9 Å². The summed E-state index contributed by atoms with van der Waals surface area (Å²) < 4.78 is 10.8. The normalized spacial score (nSPS) is 11.7. The highest BCUT2D eigenvalue weighted by Gasteiger charge is 2.21. The largest absolute Gasteiger partial charge is 0.495 e. The summed E-state index contributed by atoms with van der Waals surface area (Å²) in [6, 6.07) is 11.6. The standard InChI is InChI=1S/C19H18N4O5S/c1-11-4-6-13(7-5-11)18-21-22-19(28-18)29-12(2)17(24)20-15-10-14(23(25)26)8-9-16(15)27-3/h4-10,12H,1-3H3,(H,20,24)/t12-/m1/s1. The van der Waals surface area contributed by atoms with Gasteiger partial charge in [0.05, 0.1) is 23.0 Å². The summed E-state index contributed by atoms with van der Waals surface area (Å²) in [6.45, 7) is 3.65. The lowest BCUT2D eigenvalue weighted by Crippen LogP contribution is -2.22. The number of methoxy groups -OCH3 is 1. The van der Waals surface area contributed by atoms with Crippen molar-refractivity contribution in [2.45, 2.75) is 24.3 Å². The molecule has 0 aliphatic rings. The van der Waals surface area contributed by atoms with E-state index in [-0.39, 0.29) is 22.5 Å². The van der Waals surface area contributed by atoms with Crippen LogP contribution in [0.25, 0.3) is 11.5 Å². The van der Waals surface area contributed by atoms with E-state index in [2.05, 4.69) is 15.5 Å². The minimum Gasteiger partial charge on any atom is -0.495 e. The maximum atomic E-state index is 12.5. The maximum absolute atomic E-state index is 12.5. The van der Waals surface area contributed by atoms with Crippen LogP contribution in [0.2, 0.25) is 0 Å². The Morgan fingerprint density at radius 3 is 2.62 bits per heavy atom. The highest BCUT2D eigenvalue weighted by Crippen LogP contribution is 2.31. The molecule has 1 atom stereocenters. The van der Waals surface area contributed by atoms with E-state index < -0.39 is 10.2 Å². The van der Waals surface area contributed by atoms with Crippen molar-refractivity contribution in [1.29, 1.82) is 0 Å². The van der Waals surface area contributed by atoms with Crippen molar-refractivity contribution >= 4 is 29.0 Å². The number of ether oxygens (including phenoxy) is 1. The fourth-order valence-corrected chi connectivity index (χ4v) is 3.10. The van der Waals surface area contributed by atoms with Crippen LogP contribution < -0.4 is 10.1 Å². The second kappa shape index (κ2) is 8.74. The monoisotopic (exact) mass is 414 g/mol. The lowest BCUT2D eigenvalue weighted by molar-refractivity contribution is -0.384. The van der Waals surface area contributed by atoms with Crippen LogP contribution in [-0.4, -0.2) is 33.4 Å². The molecule has 0 spiro atoms. The number of amides is 1. The number of thioether (sulfide) groups is 1. The van der Waals surface area contributed by atoms with Crippen LogP contribution in [-0.2, 0) is 4.79 Å². The van der Waals surface area contributed by atoms with Crippen molar-refractivity contribution in [3.05, 3.63) is 58.1 Å². The Hall–Kier alpha value is -3.40. The lowest BCUT2D eigenvalue weighted by Gasteiger charge is -2.12. The first-order chi connectivity index (χ1) is 13.9. The van der Waals surface area contributed by atoms with Gasteiger partial charge < -0.3 is 14.5 Å². The number of carbonyl (C=O) groups is 1. The Labute approximate surface area is 170 Å². The van der Waals surface area contributed by atoms with E-state index in [0.717, 1.165) is 22.9 Å². The number of nitro benzene ring substituents is 1. The van der Waals surface area contributed by atoms with E-state index in [1.54, 1.807) is 6.92 Å². The van der Waals surface area contributed by atoms with Gasteiger partial charge in [0.2, 0.25) is 11.8 Å². The summed E-state index contributed by atoms with van der Waals surface area (Å²) in [6.07, 6.45) is 0. The molecule has 10 heteroatoms. The van der Waals surface area contributed by atoms with Crippen LogP contribution in [0.1, 0.15) is 12.5 Å². The molecule has 0 bridgehead atoms. The molecule has 0 radical (unpaired) electrons. The van der Waals surface area contributed by atoms with Crippen LogP contribution in [0.5, 0.6) is 5.75 Å². The number of nitrogens with zero attached hydrogens (tertiary/aromatic N) is 3. The molecular formula is C19H18N4O5S. The Morgan fingerprint density at radius 2 is 1.97 bits per heavy atom. The van der Waals surface area contributed by atoms with Crippen molar-refractivity contribution in [2.24, 2.45) is 0 Å². The third-order valence-corrected chi connectivity index (χ3v) is 4.94. The number of nitro groups is 1. The number of hydrogen-bond acceptors (Lipinski definition) is 8. The third-order valence-electron chi connectivity index (χ3n) is 4.00. The number of non-ortho nitro benzene ring substituents is 1.